The van der Waals surface area contributed by atoms with Gasteiger partial charge in [0.25, 0.3) is 0 Å². The van der Waals surface area contributed by atoms with E-state index in [0.29, 0.717) is 0 Å². The molecule has 24 heavy (non-hydrogen) atoms. The highest BCUT2D eigenvalue weighted by atomic mass is 14.3. The lowest BCUT2D eigenvalue weighted by molar-refractivity contribution is 0.239. The quantitative estimate of drug-likeness (QED) is 0.278. The van der Waals surface area contributed by atoms with E-state index in [2.05, 4.69) is 26.0 Å². The maximum absolute atomic E-state index is 2.44. The number of hydrogen-bond acceptors (Lipinski definition) is 0. The molecule has 2 saturated carbocycles. The van der Waals surface area contributed by atoms with Crippen LogP contribution in [0.3, 0.4) is 0 Å². The average Bonchev–Trinajstić information content (AvgIpc) is 2.62. The molecule has 0 aromatic heterocycles. The minimum Gasteiger partial charge on any atom is -0.0914 e. The summed E-state index contributed by atoms with van der Waals surface area (Å²) < 4.78 is 0. The van der Waals surface area contributed by atoms with Crippen molar-refractivity contribution >= 4 is 0 Å². The third-order valence-electron chi connectivity index (χ3n) is 7.01. The molecule has 2 rings (SSSR count). The first-order valence-corrected chi connectivity index (χ1v) is 11.4. The first kappa shape index (κ1) is 20.1. The summed E-state index contributed by atoms with van der Waals surface area (Å²) in [6, 6.07) is 0. The second-order valence-electron chi connectivity index (χ2n) is 8.97. The lowest BCUT2D eigenvalue weighted by Gasteiger charge is -2.29. The predicted molar refractivity (Wildman–Crippen MR) is 108 cm³/mol. The van der Waals surface area contributed by atoms with Crippen molar-refractivity contribution in [2.45, 2.75) is 117 Å². The van der Waals surface area contributed by atoms with Crippen LogP contribution in [0.2, 0.25) is 0 Å². The first-order valence-electron chi connectivity index (χ1n) is 11.4. The number of hydrogen-bond donors (Lipinski definition) is 0. The zero-order chi connectivity index (χ0) is 17.0. The van der Waals surface area contributed by atoms with E-state index in [1.54, 1.807) is 25.7 Å². The lowest BCUT2D eigenvalue weighted by atomic mass is 9.77. The van der Waals surface area contributed by atoms with Gasteiger partial charge in [0.1, 0.15) is 0 Å². The summed E-state index contributed by atoms with van der Waals surface area (Å²) >= 11 is 0. The molecule has 0 aromatic carbocycles. The molecule has 0 unspecified atom stereocenters. The molecule has 140 valence electrons. The van der Waals surface area contributed by atoms with Gasteiger partial charge in [-0.2, -0.15) is 0 Å². The topological polar surface area (TPSA) is 0 Å². The lowest BCUT2D eigenvalue weighted by Crippen LogP contribution is -2.15. The van der Waals surface area contributed by atoms with Gasteiger partial charge < -0.3 is 0 Å². The van der Waals surface area contributed by atoms with Crippen LogP contribution in [0.4, 0.5) is 0 Å². The van der Waals surface area contributed by atoms with Crippen LogP contribution in [-0.2, 0) is 0 Å². The van der Waals surface area contributed by atoms with Gasteiger partial charge in [0, 0.05) is 0 Å². The van der Waals surface area contributed by atoms with Crippen LogP contribution in [-0.4, -0.2) is 0 Å². The van der Waals surface area contributed by atoms with Crippen LogP contribution in [0.1, 0.15) is 117 Å². The van der Waals surface area contributed by atoms with Gasteiger partial charge >= 0.3 is 0 Å². The summed E-state index contributed by atoms with van der Waals surface area (Å²) in [4.78, 5) is 0. The fraction of sp³-hybridized carbons (Fsp3) is 0.917. The molecule has 0 aromatic rings. The van der Waals surface area contributed by atoms with Crippen LogP contribution in [0, 0.1) is 23.7 Å². The number of rotatable bonds is 10. The number of unbranched alkanes of at least 4 members (excludes halogenated alkanes) is 3. The van der Waals surface area contributed by atoms with Gasteiger partial charge in [0.05, 0.1) is 0 Å². The molecule has 0 amide bonds. The zero-order valence-electron chi connectivity index (χ0n) is 16.8. The molecule has 2 fully saturated rings. The average molecular weight is 333 g/mol. The van der Waals surface area contributed by atoms with Crippen LogP contribution in [0.15, 0.2) is 12.2 Å². The van der Waals surface area contributed by atoms with Gasteiger partial charge in [-0.3, -0.25) is 0 Å². The Balaban J connectivity index is 1.46. The Labute approximate surface area is 152 Å². The van der Waals surface area contributed by atoms with Gasteiger partial charge in [-0.05, 0) is 56.3 Å². The number of allylic oxidation sites excluding steroid dienone is 2. The first-order chi connectivity index (χ1) is 11.8. The van der Waals surface area contributed by atoms with E-state index in [1.165, 1.54) is 77.0 Å². The molecule has 0 saturated heterocycles. The van der Waals surface area contributed by atoms with E-state index in [4.69, 9.17) is 0 Å². The van der Waals surface area contributed by atoms with E-state index in [0.717, 1.165) is 23.7 Å². The third kappa shape index (κ3) is 7.75. The van der Waals surface area contributed by atoms with Crippen LogP contribution < -0.4 is 0 Å². The molecule has 0 heterocycles. The second-order valence-corrected chi connectivity index (χ2v) is 8.97. The molecule has 0 nitrogen and oxygen atoms in total. The Hall–Kier alpha value is -0.260. The Morgan fingerprint density at radius 1 is 0.625 bits per heavy atom. The smallest absolute Gasteiger partial charge is 0.0233 e. The zero-order valence-corrected chi connectivity index (χ0v) is 16.8. The van der Waals surface area contributed by atoms with Crippen molar-refractivity contribution < 1.29 is 0 Å². The Morgan fingerprint density at radius 2 is 1.04 bits per heavy atom. The summed E-state index contributed by atoms with van der Waals surface area (Å²) in [5.74, 6) is 4.12. The fourth-order valence-corrected chi connectivity index (χ4v) is 5.30. The summed E-state index contributed by atoms with van der Waals surface area (Å²) in [5, 5.41) is 0. The summed E-state index contributed by atoms with van der Waals surface area (Å²) in [6.07, 6.45) is 28.7. The summed E-state index contributed by atoms with van der Waals surface area (Å²) in [5.41, 5.74) is 0. The highest BCUT2D eigenvalue weighted by Crippen LogP contribution is 2.36. The van der Waals surface area contributed by atoms with Crippen molar-refractivity contribution in [2.75, 3.05) is 0 Å². The Kier molecular flexibility index (Phi) is 10.2. The monoisotopic (exact) mass is 332 g/mol. The van der Waals surface area contributed by atoms with E-state index in [-0.39, 0.29) is 0 Å². The molecule has 0 heteroatoms. The summed E-state index contributed by atoms with van der Waals surface area (Å²) in [7, 11) is 0. The highest BCUT2D eigenvalue weighted by molar-refractivity contribution is 4.88. The van der Waals surface area contributed by atoms with Crippen LogP contribution >= 0.6 is 0 Å². The molecular weight excluding hydrogens is 288 g/mol. The molecule has 0 atom stereocenters. The minimum absolute atomic E-state index is 0.902. The summed E-state index contributed by atoms with van der Waals surface area (Å²) in [6.45, 7) is 4.50. The highest BCUT2D eigenvalue weighted by Gasteiger charge is 2.21. The normalized spacial score (nSPS) is 31.6. The van der Waals surface area contributed by atoms with Gasteiger partial charge in [-0.15, -0.1) is 0 Å². The Bertz CT molecular complexity index is 313. The van der Waals surface area contributed by atoms with Crippen molar-refractivity contribution in [2.24, 2.45) is 23.7 Å². The van der Waals surface area contributed by atoms with Crippen LogP contribution in [0.5, 0.6) is 0 Å². The maximum atomic E-state index is 2.44. The predicted octanol–water partition coefficient (Wildman–Crippen LogP) is 8.32. The van der Waals surface area contributed by atoms with E-state index >= 15 is 0 Å². The van der Waals surface area contributed by atoms with Crippen molar-refractivity contribution in [3.63, 3.8) is 0 Å². The molecular formula is C24H44. The SMILES string of the molecule is CC=CC1CCC(CCCCC2CCC(CCCCC)CC2)CC1. The minimum atomic E-state index is 0.902. The van der Waals surface area contributed by atoms with E-state index in [9.17, 15) is 0 Å². The molecule has 2 aliphatic carbocycles. The van der Waals surface area contributed by atoms with Crippen molar-refractivity contribution in [1.82, 2.24) is 0 Å². The largest absolute Gasteiger partial charge is 0.0914 e. The van der Waals surface area contributed by atoms with E-state index < -0.39 is 0 Å². The van der Waals surface area contributed by atoms with Crippen LogP contribution in [0.25, 0.3) is 0 Å². The molecule has 2 aliphatic rings. The molecule has 0 aliphatic heterocycles. The van der Waals surface area contributed by atoms with Gasteiger partial charge in [-0.25, -0.2) is 0 Å². The Morgan fingerprint density at radius 3 is 1.46 bits per heavy atom. The van der Waals surface area contributed by atoms with Crippen molar-refractivity contribution in [1.29, 1.82) is 0 Å². The van der Waals surface area contributed by atoms with Crippen molar-refractivity contribution in [3.05, 3.63) is 12.2 Å². The standard InChI is InChI=1S/C24H44/c1-3-5-6-10-22-17-19-24(20-18-22)12-8-7-11-23-15-13-21(9-4-2)14-16-23/h4,9,21-24H,3,5-8,10-20H2,1-2H3. The molecule has 0 radical (unpaired) electrons. The molecule has 0 N–H and O–H groups in total. The van der Waals surface area contributed by atoms with Crippen molar-refractivity contribution in [3.8, 4) is 0 Å². The van der Waals surface area contributed by atoms with Gasteiger partial charge in [0.2, 0.25) is 0 Å². The molecule has 0 spiro atoms. The second kappa shape index (κ2) is 12.2. The third-order valence-corrected chi connectivity index (χ3v) is 7.01. The van der Waals surface area contributed by atoms with Gasteiger partial charge in [-0.1, -0.05) is 96.1 Å². The molecule has 0 bridgehead atoms. The maximum Gasteiger partial charge on any atom is -0.0233 e. The van der Waals surface area contributed by atoms with Gasteiger partial charge in [0.15, 0.2) is 0 Å². The fourth-order valence-electron chi connectivity index (χ4n) is 5.30. The van der Waals surface area contributed by atoms with E-state index in [1.807, 2.05) is 0 Å².